The number of aromatic hydroxyl groups is 1. The molecule has 11 nitrogen and oxygen atoms in total. The van der Waals surface area contributed by atoms with Crippen molar-refractivity contribution in [2.24, 2.45) is 0 Å². The minimum Gasteiger partial charge on any atom is -0.508 e. The van der Waals surface area contributed by atoms with Crippen LogP contribution in [0.1, 0.15) is 0 Å². The van der Waals surface area contributed by atoms with Gasteiger partial charge in [0.05, 0.1) is 15.5 Å². The Labute approximate surface area is 215 Å². The molecule has 0 atom stereocenters. The quantitative estimate of drug-likeness (QED) is 0.189. The van der Waals surface area contributed by atoms with Gasteiger partial charge in [-0.2, -0.15) is 0 Å². The molecule has 0 unspecified atom stereocenters. The van der Waals surface area contributed by atoms with E-state index in [9.17, 15) is 23.6 Å². The molecule has 5 aromatic rings. The third-order valence-corrected chi connectivity index (χ3v) is 6.91. The van der Waals surface area contributed by atoms with Gasteiger partial charge >= 0.3 is 0 Å². The number of sulfonamides is 1. The first-order valence-corrected chi connectivity index (χ1v) is 12.5. The molecule has 0 radical (unpaired) electrons. The molecule has 0 aliphatic rings. The molecule has 4 aromatic carbocycles. The van der Waals surface area contributed by atoms with Crippen molar-refractivity contribution in [3.63, 3.8) is 0 Å². The smallest absolute Gasteiger partial charge is 0.294 e. The van der Waals surface area contributed by atoms with Gasteiger partial charge in [0.2, 0.25) is 0 Å². The summed E-state index contributed by atoms with van der Waals surface area (Å²) in [5.74, 6) is -0.213. The molecule has 0 saturated carbocycles. The van der Waals surface area contributed by atoms with Gasteiger partial charge in [0.25, 0.3) is 15.7 Å². The maximum Gasteiger partial charge on any atom is 0.294 e. The number of nitro groups is 1. The number of halogens is 1. The molecule has 37 heavy (non-hydrogen) atoms. The summed E-state index contributed by atoms with van der Waals surface area (Å²) >= 11 is 6.02. The fourth-order valence-electron chi connectivity index (χ4n) is 3.59. The van der Waals surface area contributed by atoms with Crippen LogP contribution in [0.15, 0.2) is 89.8 Å². The van der Waals surface area contributed by atoms with Gasteiger partial charge < -0.3 is 10.4 Å². The van der Waals surface area contributed by atoms with E-state index < -0.39 is 20.6 Å². The largest absolute Gasteiger partial charge is 0.508 e. The summed E-state index contributed by atoms with van der Waals surface area (Å²) in [5.41, 5.74) is 1.46. The average molecular weight is 537 g/mol. The van der Waals surface area contributed by atoms with Crippen LogP contribution in [0.2, 0.25) is 5.02 Å². The molecule has 3 N–H and O–H groups in total. The van der Waals surface area contributed by atoms with Gasteiger partial charge in [0.1, 0.15) is 28.2 Å². The van der Waals surface area contributed by atoms with Crippen LogP contribution in [-0.2, 0) is 10.0 Å². The lowest BCUT2D eigenvalue weighted by Crippen LogP contribution is -2.15. The van der Waals surface area contributed by atoms with Crippen molar-refractivity contribution < 1.29 is 18.4 Å². The number of rotatable bonds is 7. The SMILES string of the molecule is O=[N+]([O-])c1cc(S(=O)(=O)Nc2cc(O)ccc2-n2nc3ccc(Cl)cc3n2)ccc1Nc1ccccc1. The third kappa shape index (κ3) is 5.01. The molecular formula is C24H17ClN6O5S. The van der Waals surface area contributed by atoms with Crippen molar-refractivity contribution in [2.75, 3.05) is 10.0 Å². The molecule has 0 bridgehead atoms. The maximum atomic E-state index is 13.3. The van der Waals surface area contributed by atoms with Gasteiger partial charge in [-0.05, 0) is 54.6 Å². The molecule has 0 aliphatic heterocycles. The fraction of sp³-hybridized carbons (Fsp3) is 0. The monoisotopic (exact) mass is 536 g/mol. The summed E-state index contributed by atoms with van der Waals surface area (Å²) in [4.78, 5) is 11.9. The predicted molar refractivity (Wildman–Crippen MR) is 139 cm³/mol. The van der Waals surface area contributed by atoms with Crippen LogP contribution in [0.3, 0.4) is 0 Å². The molecule has 5 rings (SSSR count). The molecule has 0 amide bonds. The summed E-state index contributed by atoms with van der Waals surface area (Å²) < 4.78 is 28.9. The van der Waals surface area contributed by atoms with Gasteiger partial charge in [0.15, 0.2) is 0 Å². The number of benzene rings is 4. The summed E-state index contributed by atoms with van der Waals surface area (Å²) in [5, 5.41) is 33.8. The zero-order valence-corrected chi connectivity index (χ0v) is 20.3. The minimum atomic E-state index is -4.33. The highest BCUT2D eigenvalue weighted by Gasteiger charge is 2.23. The molecule has 186 valence electrons. The summed E-state index contributed by atoms with van der Waals surface area (Å²) in [7, 11) is -4.33. The normalized spacial score (nSPS) is 11.4. The summed E-state index contributed by atoms with van der Waals surface area (Å²) in [6.07, 6.45) is 0. The molecule has 0 spiro atoms. The van der Waals surface area contributed by atoms with E-state index in [1.807, 2.05) is 0 Å². The Morgan fingerprint density at radius 1 is 0.892 bits per heavy atom. The second kappa shape index (κ2) is 9.41. The highest BCUT2D eigenvalue weighted by molar-refractivity contribution is 7.92. The van der Waals surface area contributed by atoms with Gasteiger partial charge in [-0.1, -0.05) is 29.8 Å². The number of nitro benzene ring substituents is 1. The molecule has 0 saturated heterocycles. The standard InChI is InChI=1S/C24H17ClN6O5S/c25-15-6-9-19-21(12-15)28-30(27-19)23-11-7-17(32)13-22(23)29-37(35,36)18-8-10-20(24(14-18)31(33)34)26-16-4-2-1-3-5-16/h1-14,26,29,32H. The Bertz CT molecular complexity index is 1760. The Kier molecular flexibility index (Phi) is 6.11. The number of phenols is 1. The van der Waals surface area contributed by atoms with Crippen molar-refractivity contribution >= 4 is 55.4 Å². The summed E-state index contributed by atoms with van der Waals surface area (Å²) in [6.45, 7) is 0. The number of phenolic OH excluding ortho intramolecular Hbond substituents is 1. The van der Waals surface area contributed by atoms with Crippen molar-refractivity contribution in [1.29, 1.82) is 0 Å². The maximum absolute atomic E-state index is 13.3. The van der Waals surface area contributed by atoms with Crippen LogP contribution in [0.4, 0.5) is 22.7 Å². The van der Waals surface area contributed by atoms with E-state index in [0.717, 1.165) is 6.07 Å². The van der Waals surface area contributed by atoms with E-state index in [1.54, 1.807) is 48.5 Å². The van der Waals surface area contributed by atoms with Gasteiger partial charge in [-0.25, -0.2) is 8.42 Å². The number of anilines is 3. The minimum absolute atomic E-state index is 0.0412. The molecule has 1 aromatic heterocycles. The number of nitrogens with one attached hydrogen (secondary N) is 2. The summed E-state index contributed by atoms with van der Waals surface area (Å²) in [6, 6.07) is 21.2. The number of nitrogens with zero attached hydrogens (tertiary/aromatic N) is 4. The van der Waals surface area contributed by atoms with Gasteiger partial charge in [-0.15, -0.1) is 15.0 Å². The van der Waals surface area contributed by atoms with Gasteiger partial charge in [0, 0.05) is 22.8 Å². The molecule has 13 heteroatoms. The number of aromatic nitrogens is 3. The highest BCUT2D eigenvalue weighted by Crippen LogP contribution is 2.32. The first-order chi connectivity index (χ1) is 17.7. The van der Waals surface area contributed by atoms with Crippen LogP contribution in [-0.4, -0.2) is 33.4 Å². The zero-order chi connectivity index (χ0) is 26.2. The number of hydrogen-bond acceptors (Lipinski definition) is 8. The second-order valence-electron chi connectivity index (χ2n) is 7.86. The fourth-order valence-corrected chi connectivity index (χ4v) is 4.84. The topological polar surface area (TPSA) is 152 Å². The predicted octanol–water partition coefficient (Wildman–Crippen LogP) is 5.23. The lowest BCUT2D eigenvalue weighted by atomic mass is 10.2. The van der Waals surface area contributed by atoms with Gasteiger partial charge in [-0.3, -0.25) is 14.8 Å². The van der Waals surface area contributed by atoms with Crippen molar-refractivity contribution in [3.8, 4) is 11.4 Å². The van der Waals surface area contributed by atoms with E-state index in [0.29, 0.717) is 21.7 Å². The van der Waals surface area contributed by atoms with Crippen LogP contribution >= 0.6 is 11.6 Å². The van der Waals surface area contributed by atoms with Crippen molar-refractivity contribution in [2.45, 2.75) is 4.90 Å². The van der Waals surface area contributed by atoms with Crippen LogP contribution < -0.4 is 10.0 Å². The third-order valence-electron chi connectivity index (χ3n) is 5.31. The lowest BCUT2D eigenvalue weighted by Gasteiger charge is -2.13. The van der Waals surface area contributed by atoms with E-state index in [-0.39, 0.29) is 27.7 Å². The van der Waals surface area contributed by atoms with E-state index in [2.05, 4.69) is 20.2 Å². The number of hydrogen-bond donors (Lipinski definition) is 3. The second-order valence-corrected chi connectivity index (χ2v) is 9.98. The first kappa shape index (κ1) is 24.0. The van der Waals surface area contributed by atoms with Crippen molar-refractivity contribution in [1.82, 2.24) is 15.0 Å². The molecule has 0 fully saturated rings. The molecular weight excluding hydrogens is 520 g/mol. The Morgan fingerprint density at radius 3 is 2.41 bits per heavy atom. The van der Waals surface area contributed by atoms with E-state index in [4.69, 9.17) is 11.6 Å². The Hall–Kier alpha value is -4.68. The van der Waals surface area contributed by atoms with Crippen LogP contribution in [0, 0.1) is 10.1 Å². The van der Waals surface area contributed by atoms with Crippen LogP contribution in [0.5, 0.6) is 5.75 Å². The first-order valence-electron chi connectivity index (χ1n) is 10.7. The number of para-hydroxylation sites is 1. The van der Waals surface area contributed by atoms with Crippen LogP contribution in [0.25, 0.3) is 16.7 Å². The molecule has 0 aliphatic carbocycles. The van der Waals surface area contributed by atoms with E-state index >= 15 is 0 Å². The number of fused-ring (bicyclic) bond motifs is 1. The average Bonchev–Trinajstić information content (AvgIpc) is 3.27. The Morgan fingerprint density at radius 2 is 1.65 bits per heavy atom. The van der Waals surface area contributed by atoms with Crippen molar-refractivity contribution in [3.05, 3.63) is 100 Å². The lowest BCUT2D eigenvalue weighted by molar-refractivity contribution is -0.384. The zero-order valence-electron chi connectivity index (χ0n) is 18.7. The van der Waals surface area contributed by atoms with E-state index in [1.165, 1.54) is 35.1 Å². The highest BCUT2D eigenvalue weighted by atomic mass is 35.5. The molecule has 1 heterocycles. The Balaban J connectivity index is 1.51.